The van der Waals surface area contributed by atoms with Crippen LogP contribution >= 0.6 is 11.6 Å². The normalized spacial score (nSPS) is 10.4. The Bertz CT molecular complexity index is 437. The molecule has 0 saturated carbocycles. The lowest BCUT2D eigenvalue weighted by Crippen LogP contribution is -2.36. The SMILES string of the molecule is CCN(CC(=O)O)CC(=O)Nc1ccccc1Cl. The van der Waals surface area contributed by atoms with Crippen molar-refractivity contribution in [2.24, 2.45) is 0 Å². The zero-order valence-electron chi connectivity index (χ0n) is 10.0. The Balaban J connectivity index is 2.55. The fraction of sp³-hybridized carbons (Fsp3) is 0.333. The number of carbonyl (C=O) groups excluding carboxylic acids is 1. The van der Waals surface area contributed by atoms with Crippen LogP contribution in [0, 0.1) is 0 Å². The first kappa shape index (κ1) is 14.5. The van der Waals surface area contributed by atoms with Gasteiger partial charge in [0, 0.05) is 0 Å². The standard InChI is InChI=1S/C12H15ClN2O3/c1-2-15(8-12(17)18)7-11(16)14-10-6-4-3-5-9(10)13/h3-6H,2,7-8H2,1H3,(H,14,16)(H,17,18). The van der Waals surface area contributed by atoms with E-state index in [1.807, 2.05) is 0 Å². The average molecular weight is 271 g/mol. The molecule has 0 radical (unpaired) electrons. The number of carboxylic acids is 1. The topological polar surface area (TPSA) is 69.6 Å². The second-order valence-corrected chi connectivity index (χ2v) is 4.13. The van der Waals surface area contributed by atoms with E-state index in [0.29, 0.717) is 17.3 Å². The molecule has 0 heterocycles. The molecule has 0 fully saturated rings. The van der Waals surface area contributed by atoms with Crippen LogP contribution in [0.25, 0.3) is 0 Å². The molecular weight excluding hydrogens is 256 g/mol. The van der Waals surface area contributed by atoms with Gasteiger partial charge in [-0.1, -0.05) is 30.7 Å². The number of nitrogens with zero attached hydrogens (tertiary/aromatic N) is 1. The molecule has 0 aliphatic heterocycles. The van der Waals surface area contributed by atoms with Crippen LogP contribution in [0.3, 0.4) is 0 Å². The van der Waals surface area contributed by atoms with E-state index in [9.17, 15) is 9.59 Å². The molecule has 0 unspecified atom stereocenters. The minimum Gasteiger partial charge on any atom is -0.480 e. The van der Waals surface area contributed by atoms with E-state index in [-0.39, 0.29) is 19.0 Å². The molecule has 2 N–H and O–H groups in total. The molecule has 1 aromatic carbocycles. The van der Waals surface area contributed by atoms with Gasteiger partial charge in [0.05, 0.1) is 23.8 Å². The summed E-state index contributed by atoms with van der Waals surface area (Å²) in [7, 11) is 0. The molecule has 18 heavy (non-hydrogen) atoms. The molecule has 1 aromatic rings. The monoisotopic (exact) mass is 270 g/mol. The number of para-hydroxylation sites is 1. The maximum Gasteiger partial charge on any atom is 0.317 e. The summed E-state index contributed by atoms with van der Waals surface area (Å²) in [5, 5.41) is 11.8. The zero-order chi connectivity index (χ0) is 13.5. The molecule has 6 heteroatoms. The molecule has 98 valence electrons. The lowest BCUT2D eigenvalue weighted by atomic mass is 10.3. The number of benzene rings is 1. The van der Waals surface area contributed by atoms with Gasteiger partial charge in [-0.15, -0.1) is 0 Å². The van der Waals surface area contributed by atoms with Crippen molar-refractivity contribution in [1.29, 1.82) is 0 Å². The minimum absolute atomic E-state index is 0.0218. The second-order valence-electron chi connectivity index (χ2n) is 3.73. The molecule has 0 saturated heterocycles. The number of amides is 1. The second kappa shape index (κ2) is 6.98. The molecule has 0 spiro atoms. The lowest BCUT2D eigenvalue weighted by Gasteiger charge is -2.17. The van der Waals surface area contributed by atoms with E-state index >= 15 is 0 Å². The van der Waals surface area contributed by atoms with Gasteiger partial charge in [-0.3, -0.25) is 14.5 Å². The van der Waals surface area contributed by atoms with E-state index in [1.165, 1.54) is 4.90 Å². The Morgan fingerprint density at radius 3 is 2.56 bits per heavy atom. The maximum atomic E-state index is 11.7. The maximum absolute atomic E-state index is 11.7. The zero-order valence-corrected chi connectivity index (χ0v) is 10.8. The van der Waals surface area contributed by atoms with Crippen molar-refractivity contribution in [2.45, 2.75) is 6.92 Å². The highest BCUT2D eigenvalue weighted by Crippen LogP contribution is 2.20. The Kier molecular flexibility index (Phi) is 5.61. The van der Waals surface area contributed by atoms with Crippen molar-refractivity contribution in [1.82, 2.24) is 4.90 Å². The number of rotatable bonds is 6. The number of halogens is 1. The lowest BCUT2D eigenvalue weighted by molar-refractivity contribution is -0.138. The summed E-state index contributed by atoms with van der Waals surface area (Å²) < 4.78 is 0. The third-order valence-electron chi connectivity index (χ3n) is 2.32. The smallest absolute Gasteiger partial charge is 0.317 e. The highest BCUT2D eigenvalue weighted by molar-refractivity contribution is 6.33. The van der Waals surface area contributed by atoms with Crippen LogP contribution in [0.1, 0.15) is 6.92 Å². The first-order valence-corrected chi connectivity index (χ1v) is 5.89. The van der Waals surface area contributed by atoms with E-state index < -0.39 is 5.97 Å². The van der Waals surface area contributed by atoms with Crippen LogP contribution in [0.2, 0.25) is 5.02 Å². The molecular formula is C12H15ClN2O3. The van der Waals surface area contributed by atoms with Crippen LogP contribution in [0.4, 0.5) is 5.69 Å². The quantitative estimate of drug-likeness (QED) is 0.825. The Morgan fingerprint density at radius 2 is 2.00 bits per heavy atom. The van der Waals surface area contributed by atoms with Crippen molar-refractivity contribution in [2.75, 3.05) is 25.0 Å². The van der Waals surface area contributed by atoms with Gasteiger partial charge in [0.1, 0.15) is 0 Å². The van der Waals surface area contributed by atoms with Crippen LogP contribution in [0.15, 0.2) is 24.3 Å². The van der Waals surface area contributed by atoms with Gasteiger partial charge in [-0.2, -0.15) is 0 Å². The van der Waals surface area contributed by atoms with Gasteiger partial charge in [-0.25, -0.2) is 0 Å². The summed E-state index contributed by atoms with van der Waals surface area (Å²) in [6, 6.07) is 6.89. The molecule has 0 aromatic heterocycles. The number of aliphatic carboxylic acids is 1. The van der Waals surface area contributed by atoms with E-state index in [0.717, 1.165) is 0 Å². The highest BCUT2D eigenvalue weighted by atomic mass is 35.5. The first-order valence-electron chi connectivity index (χ1n) is 5.51. The minimum atomic E-state index is -0.956. The fourth-order valence-corrected chi connectivity index (χ4v) is 1.61. The average Bonchev–Trinajstić information content (AvgIpc) is 2.30. The summed E-state index contributed by atoms with van der Waals surface area (Å²) in [4.78, 5) is 23.8. The van der Waals surface area contributed by atoms with Crippen molar-refractivity contribution >= 4 is 29.2 Å². The number of anilines is 1. The third-order valence-corrected chi connectivity index (χ3v) is 2.65. The summed E-state index contributed by atoms with van der Waals surface area (Å²) in [5.41, 5.74) is 0.524. The molecule has 1 amide bonds. The van der Waals surface area contributed by atoms with Crippen molar-refractivity contribution in [3.8, 4) is 0 Å². The van der Waals surface area contributed by atoms with E-state index in [4.69, 9.17) is 16.7 Å². The summed E-state index contributed by atoms with van der Waals surface area (Å²) in [6.45, 7) is 2.15. The molecule has 1 rings (SSSR count). The molecule has 0 bridgehead atoms. The van der Waals surface area contributed by atoms with Crippen molar-refractivity contribution < 1.29 is 14.7 Å². The largest absolute Gasteiger partial charge is 0.480 e. The number of carbonyl (C=O) groups is 2. The van der Waals surface area contributed by atoms with Gasteiger partial charge in [-0.05, 0) is 18.7 Å². The van der Waals surface area contributed by atoms with E-state index in [2.05, 4.69) is 5.32 Å². The molecule has 0 aliphatic rings. The van der Waals surface area contributed by atoms with E-state index in [1.54, 1.807) is 31.2 Å². The van der Waals surface area contributed by atoms with Gasteiger partial charge >= 0.3 is 5.97 Å². The Morgan fingerprint density at radius 1 is 1.33 bits per heavy atom. The predicted molar refractivity (Wildman–Crippen MR) is 69.8 cm³/mol. The van der Waals surface area contributed by atoms with Gasteiger partial charge < -0.3 is 10.4 Å². The summed E-state index contributed by atoms with van der Waals surface area (Å²) in [6.07, 6.45) is 0. The molecule has 0 aliphatic carbocycles. The number of hydrogen-bond donors (Lipinski definition) is 2. The van der Waals surface area contributed by atoms with Crippen molar-refractivity contribution in [3.63, 3.8) is 0 Å². The van der Waals surface area contributed by atoms with Crippen molar-refractivity contribution in [3.05, 3.63) is 29.3 Å². The number of likely N-dealkylation sites (N-methyl/N-ethyl adjacent to an activating group) is 1. The Hall–Kier alpha value is -1.59. The van der Waals surface area contributed by atoms with Crippen LogP contribution in [0.5, 0.6) is 0 Å². The first-order chi connectivity index (χ1) is 8.52. The Labute approximate surface area is 110 Å². The number of carboxylic acid groups (broad SMARTS) is 1. The van der Waals surface area contributed by atoms with Crippen LogP contribution in [-0.4, -0.2) is 41.5 Å². The number of nitrogens with one attached hydrogen (secondary N) is 1. The van der Waals surface area contributed by atoms with Gasteiger partial charge in [0.15, 0.2) is 0 Å². The van der Waals surface area contributed by atoms with Gasteiger partial charge in [0.2, 0.25) is 5.91 Å². The molecule has 5 nitrogen and oxygen atoms in total. The van der Waals surface area contributed by atoms with Gasteiger partial charge in [0.25, 0.3) is 0 Å². The van der Waals surface area contributed by atoms with Crippen LogP contribution < -0.4 is 5.32 Å². The molecule has 0 atom stereocenters. The van der Waals surface area contributed by atoms with Crippen LogP contribution in [-0.2, 0) is 9.59 Å². The highest BCUT2D eigenvalue weighted by Gasteiger charge is 2.12. The fourth-order valence-electron chi connectivity index (χ4n) is 1.43. The summed E-state index contributed by atoms with van der Waals surface area (Å²) in [5.74, 6) is -1.24. The number of hydrogen-bond acceptors (Lipinski definition) is 3. The summed E-state index contributed by atoms with van der Waals surface area (Å²) >= 11 is 5.90. The third kappa shape index (κ3) is 4.73. The predicted octanol–water partition coefficient (Wildman–Crippen LogP) is 1.68.